The minimum absolute atomic E-state index is 0.0249. The van der Waals surface area contributed by atoms with E-state index in [1.807, 2.05) is 34.0 Å². The Kier molecular flexibility index (Phi) is 8.33. The number of rotatable bonds is 6. The largest absolute Gasteiger partial charge is 0.416 e. The zero-order chi connectivity index (χ0) is 31.6. The van der Waals surface area contributed by atoms with Gasteiger partial charge in [0.2, 0.25) is 5.95 Å². The molecular formula is C32H31F3N8O. The van der Waals surface area contributed by atoms with Crippen LogP contribution in [0.3, 0.4) is 0 Å². The van der Waals surface area contributed by atoms with Crippen LogP contribution in [0.25, 0.3) is 5.65 Å². The maximum Gasteiger partial charge on any atom is 0.416 e. The summed E-state index contributed by atoms with van der Waals surface area (Å²) in [6.07, 6.45) is 2.28. The van der Waals surface area contributed by atoms with Crippen LogP contribution in [-0.4, -0.2) is 44.4 Å². The number of hydrogen-bond donors (Lipinski definition) is 3. The van der Waals surface area contributed by atoms with Crippen molar-refractivity contribution in [2.45, 2.75) is 33.1 Å². The molecule has 4 N–H and O–H groups in total. The monoisotopic (exact) mass is 600 g/mol. The highest BCUT2D eigenvalue weighted by Gasteiger charge is 2.34. The molecule has 12 heteroatoms. The predicted molar refractivity (Wildman–Crippen MR) is 163 cm³/mol. The number of benzene rings is 2. The second kappa shape index (κ2) is 12.1. The number of nitrogens with two attached hydrogens (primary N) is 1. The molecule has 0 fully saturated rings. The van der Waals surface area contributed by atoms with Gasteiger partial charge in [0.05, 0.1) is 11.3 Å². The third kappa shape index (κ3) is 6.53. The molecule has 9 nitrogen and oxygen atoms in total. The van der Waals surface area contributed by atoms with Crippen molar-refractivity contribution in [1.82, 2.24) is 29.7 Å². The Balaban J connectivity index is 1.40. The lowest BCUT2D eigenvalue weighted by Crippen LogP contribution is -2.20. The molecule has 0 bridgehead atoms. The third-order valence-corrected chi connectivity index (χ3v) is 7.15. The normalized spacial score (nSPS) is 12.9. The van der Waals surface area contributed by atoms with Gasteiger partial charge in [-0.3, -0.25) is 4.79 Å². The topological polar surface area (TPSA) is 104 Å². The summed E-state index contributed by atoms with van der Waals surface area (Å²) in [6.45, 7) is 4.29. The number of pyridine rings is 1. The zero-order valence-corrected chi connectivity index (χ0v) is 24.6. The lowest BCUT2D eigenvalue weighted by atomic mass is 10.0. The number of carbonyl (C=O) groups is 1. The van der Waals surface area contributed by atoms with Gasteiger partial charge in [0.25, 0.3) is 5.91 Å². The number of carbonyl (C=O) groups excluding carboxylic acids is 1. The molecular weight excluding hydrogens is 569 g/mol. The van der Waals surface area contributed by atoms with Crippen LogP contribution in [0.1, 0.15) is 49.4 Å². The number of nitrogens with one attached hydrogen (secondary N) is 2. The first-order valence-electron chi connectivity index (χ1n) is 13.7. The second-order valence-corrected chi connectivity index (χ2v) is 10.4. The van der Waals surface area contributed by atoms with Crippen molar-refractivity contribution < 1.29 is 18.0 Å². The number of alkyl halides is 3. The van der Waals surface area contributed by atoms with Crippen molar-refractivity contribution in [2.24, 2.45) is 0 Å². The van der Waals surface area contributed by atoms with Crippen LogP contribution in [0.4, 0.5) is 24.8 Å². The van der Waals surface area contributed by atoms with Crippen LogP contribution in [0.15, 0.2) is 67.3 Å². The lowest BCUT2D eigenvalue weighted by Gasteiger charge is -2.24. The van der Waals surface area contributed by atoms with E-state index in [1.54, 1.807) is 57.3 Å². The van der Waals surface area contributed by atoms with Gasteiger partial charge in [-0.1, -0.05) is 24.0 Å². The van der Waals surface area contributed by atoms with Gasteiger partial charge < -0.3 is 26.2 Å². The summed E-state index contributed by atoms with van der Waals surface area (Å²) >= 11 is 0. The summed E-state index contributed by atoms with van der Waals surface area (Å²) in [5.41, 5.74) is 9.83. The van der Waals surface area contributed by atoms with Crippen LogP contribution in [-0.2, 0) is 19.3 Å². The first kappa shape index (κ1) is 30.2. The number of anilines is 2. The maximum atomic E-state index is 14.0. The molecule has 4 aromatic rings. The first-order chi connectivity index (χ1) is 20.9. The van der Waals surface area contributed by atoms with Gasteiger partial charge in [0, 0.05) is 72.9 Å². The molecule has 0 atom stereocenters. The Morgan fingerprint density at radius 1 is 0.977 bits per heavy atom. The third-order valence-electron chi connectivity index (χ3n) is 7.15. The molecule has 0 aliphatic carbocycles. The minimum Gasteiger partial charge on any atom is -0.366 e. The smallest absolute Gasteiger partial charge is 0.366 e. The van der Waals surface area contributed by atoms with E-state index >= 15 is 0 Å². The quantitative estimate of drug-likeness (QED) is 0.268. The number of halogens is 3. The molecule has 0 spiro atoms. The Labute approximate surface area is 252 Å². The fourth-order valence-corrected chi connectivity index (χ4v) is 4.75. The number of nitrogen functional groups attached to an aromatic ring is 1. The molecule has 0 unspecified atom stereocenters. The Morgan fingerprint density at radius 2 is 1.70 bits per heavy atom. The van der Waals surface area contributed by atoms with Gasteiger partial charge in [0.15, 0.2) is 5.65 Å². The standard InChI is InChI=1S/C32H31F3N8O/c1-20-5-6-24(15-22(20)7-8-23-16-26(18-37-3)29-39-31(36)40-43(29)21(23)2)30(44)38-27-10-9-25(28(17-27)32(33,34)35)19-42-13-11-41(4)12-14-42/h5-6,9-17,37H,18-19H2,1-4H3,(H2,36,40)(H,38,44). The van der Waals surface area contributed by atoms with Gasteiger partial charge in [0.1, 0.15) is 0 Å². The van der Waals surface area contributed by atoms with Crippen molar-refractivity contribution in [2.75, 3.05) is 25.1 Å². The summed E-state index contributed by atoms with van der Waals surface area (Å²) in [7, 11) is 3.65. The van der Waals surface area contributed by atoms with Gasteiger partial charge in [-0.25, -0.2) is 4.52 Å². The predicted octanol–water partition coefficient (Wildman–Crippen LogP) is 5.01. The van der Waals surface area contributed by atoms with E-state index in [0.29, 0.717) is 23.3 Å². The number of amides is 1. The second-order valence-electron chi connectivity index (χ2n) is 10.4. The van der Waals surface area contributed by atoms with E-state index in [1.165, 1.54) is 12.1 Å². The van der Waals surface area contributed by atoms with E-state index in [4.69, 9.17) is 5.73 Å². The molecule has 1 aliphatic heterocycles. The molecule has 1 amide bonds. The van der Waals surface area contributed by atoms with E-state index < -0.39 is 17.6 Å². The summed E-state index contributed by atoms with van der Waals surface area (Å²) in [5, 5.41) is 9.99. The van der Waals surface area contributed by atoms with E-state index in [2.05, 4.69) is 32.6 Å². The Morgan fingerprint density at radius 3 is 2.41 bits per heavy atom. The molecule has 226 valence electrons. The Hall–Kier alpha value is -5.28. The van der Waals surface area contributed by atoms with Gasteiger partial charge in [-0.2, -0.15) is 18.2 Å². The van der Waals surface area contributed by atoms with E-state index in [-0.39, 0.29) is 29.3 Å². The molecule has 0 saturated heterocycles. The average Bonchev–Trinajstić information content (AvgIpc) is 3.38. The molecule has 2 aromatic carbocycles. The van der Waals surface area contributed by atoms with Gasteiger partial charge >= 0.3 is 6.18 Å². The van der Waals surface area contributed by atoms with E-state index in [9.17, 15) is 18.0 Å². The van der Waals surface area contributed by atoms with Crippen LogP contribution in [0.5, 0.6) is 0 Å². The number of nitrogens with zero attached hydrogens (tertiary/aromatic N) is 5. The van der Waals surface area contributed by atoms with Crippen LogP contribution < -0.4 is 16.4 Å². The maximum absolute atomic E-state index is 14.0. The van der Waals surface area contributed by atoms with Crippen molar-refractivity contribution >= 4 is 23.2 Å². The highest BCUT2D eigenvalue weighted by atomic mass is 19.4. The molecule has 5 rings (SSSR count). The van der Waals surface area contributed by atoms with Crippen molar-refractivity contribution in [3.63, 3.8) is 0 Å². The summed E-state index contributed by atoms with van der Waals surface area (Å²) < 4.78 is 43.7. The number of aromatic nitrogens is 3. The van der Waals surface area contributed by atoms with Crippen molar-refractivity contribution in [3.05, 3.63) is 112 Å². The summed E-state index contributed by atoms with van der Waals surface area (Å²) in [4.78, 5) is 20.9. The summed E-state index contributed by atoms with van der Waals surface area (Å²) in [6, 6.07) is 10.7. The van der Waals surface area contributed by atoms with Crippen molar-refractivity contribution in [3.8, 4) is 11.8 Å². The van der Waals surface area contributed by atoms with Crippen LogP contribution in [0.2, 0.25) is 0 Å². The number of aryl methyl sites for hydroxylation is 2. The number of hydrogen-bond acceptors (Lipinski definition) is 7. The molecule has 0 saturated carbocycles. The molecule has 2 aromatic heterocycles. The fourth-order valence-electron chi connectivity index (χ4n) is 4.75. The molecule has 0 radical (unpaired) electrons. The van der Waals surface area contributed by atoms with Gasteiger partial charge in [-0.05, 0) is 62.4 Å². The van der Waals surface area contributed by atoms with Crippen LogP contribution >= 0.6 is 0 Å². The Bertz CT molecular complexity index is 1850. The van der Waals surface area contributed by atoms with E-state index in [0.717, 1.165) is 22.9 Å². The van der Waals surface area contributed by atoms with Crippen molar-refractivity contribution in [1.29, 1.82) is 0 Å². The molecule has 1 aliphatic rings. The van der Waals surface area contributed by atoms with Crippen LogP contribution in [0, 0.1) is 25.7 Å². The molecule has 44 heavy (non-hydrogen) atoms. The molecule has 3 heterocycles. The highest BCUT2D eigenvalue weighted by Crippen LogP contribution is 2.35. The highest BCUT2D eigenvalue weighted by molar-refractivity contribution is 6.04. The summed E-state index contributed by atoms with van der Waals surface area (Å²) in [5.74, 6) is 5.92. The zero-order valence-electron chi connectivity index (χ0n) is 24.6. The SMILES string of the molecule is CNCc1cc(C#Cc2cc(C(=O)Nc3ccc(CN4C=CN(C)C=C4)c(C(F)(F)F)c3)ccc2C)c(C)n2nc(N)nc12. The first-order valence-corrected chi connectivity index (χ1v) is 13.7. The lowest BCUT2D eigenvalue weighted by molar-refractivity contribution is -0.138. The minimum atomic E-state index is -4.60. The fraction of sp³-hybridized carbons (Fsp3) is 0.219. The number of fused-ring (bicyclic) bond motifs is 1. The average molecular weight is 601 g/mol. The van der Waals surface area contributed by atoms with Gasteiger partial charge in [-0.15, -0.1) is 5.10 Å².